The van der Waals surface area contributed by atoms with Gasteiger partial charge in [0, 0.05) is 18.8 Å². The molecule has 0 bridgehead atoms. The Labute approximate surface area is 148 Å². The molecule has 5 nitrogen and oxygen atoms in total. The van der Waals surface area contributed by atoms with Gasteiger partial charge in [-0.3, -0.25) is 4.79 Å². The van der Waals surface area contributed by atoms with Crippen molar-refractivity contribution in [2.75, 3.05) is 23.3 Å². The molecule has 1 aromatic carbocycles. The van der Waals surface area contributed by atoms with Crippen LogP contribution in [0.2, 0.25) is 0 Å². The first-order valence-corrected chi connectivity index (χ1v) is 9.19. The maximum atomic E-state index is 12.2. The van der Waals surface area contributed by atoms with Crippen molar-refractivity contribution in [1.82, 2.24) is 10.2 Å². The van der Waals surface area contributed by atoms with Crippen LogP contribution in [0.4, 0.5) is 11.5 Å². The van der Waals surface area contributed by atoms with Gasteiger partial charge in [-0.1, -0.05) is 31.0 Å². The molecule has 2 aromatic rings. The fraction of sp³-hybridized carbons (Fsp3) is 0.450. The number of nitrogens with one attached hydrogen (secondary N) is 1. The molecule has 25 heavy (non-hydrogen) atoms. The summed E-state index contributed by atoms with van der Waals surface area (Å²) in [5.74, 6) is 0.651. The Morgan fingerprint density at radius 2 is 1.64 bits per heavy atom. The van der Waals surface area contributed by atoms with Crippen LogP contribution in [0, 0.1) is 5.41 Å². The second-order valence-electron chi connectivity index (χ2n) is 7.29. The van der Waals surface area contributed by atoms with Crippen LogP contribution < -0.4 is 10.2 Å². The minimum Gasteiger partial charge on any atom is -0.355 e. The zero-order valence-corrected chi connectivity index (χ0v) is 14.4. The van der Waals surface area contributed by atoms with Crippen LogP contribution in [0.3, 0.4) is 0 Å². The van der Waals surface area contributed by atoms with Gasteiger partial charge in [-0.05, 0) is 55.4 Å². The minimum absolute atomic E-state index is 0.228. The molecule has 130 valence electrons. The molecule has 0 radical (unpaired) electrons. The molecule has 1 amide bonds. The van der Waals surface area contributed by atoms with Gasteiger partial charge >= 0.3 is 0 Å². The van der Waals surface area contributed by atoms with E-state index in [4.69, 9.17) is 0 Å². The molecular formula is C20H24N4O. The Morgan fingerprint density at radius 3 is 2.28 bits per heavy atom. The predicted octanol–water partition coefficient (Wildman–Crippen LogP) is 3.89. The smallest absolute Gasteiger partial charge is 0.276 e. The molecule has 1 aromatic heterocycles. The molecule has 1 N–H and O–H groups in total. The highest BCUT2D eigenvalue weighted by Crippen LogP contribution is 2.46. The molecule has 1 spiro atoms. The van der Waals surface area contributed by atoms with Gasteiger partial charge in [-0.25, -0.2) is 0 Å². The van der Waals surface area contributed by atoms with E-state index < -0.39 is 0 Å². The van der Waals surface area contributed by atoms with Gasteiger partial charge in [-0.2, -0.15) is 0 Å². The molecule has 1 saturated carbocycles. The Morgan fingerprint density at radius 1 is 0.920 bits per heavy atom. The zero-order valence-electron chi connectivity index (χ0n) is 14.4. The van der Waals surface area contributed by atoms with E-state index in [9.17, 15) is 4.79 Å². The van der Waals surface area contributed by atoms with E-state index in [-0.39, 0.29) is 5.91 Å². The molecule has 5 heteroatoms. The zero-order chi connectivity index (χ0) is 17.1. The SMILES string of the molecule is O=C(Nc1ccccc1)c1ccc(N2CCC3(CCCC3)CC2)nn1. The van der Waals surface area contributed by atoms with Gasteiger partial charge in [0.05, 0.1) is 0 Å². The molecule has 4 rings (SSSR count). The van der Waals surface area contributed by atoms with Crippen LogP contribution in [0.15, 0.2) is 42.5 Å². The Balaban J connectivity index is 1.38. The predicted molar refractivity (Wildman–Crippen MR) is 98.8 cm³/mol. The number of para-hydroxylation sites is 1. The van der Waals surface area contributed by atoms with E-state index >= 15 is 0 Å². The van der Waals surface area contributed by atoms with Gasteiger partial charge in [-0.15, -0.1) is 10.2 Å². The fourth-order valence-electron chi connectivity index (χ4n) is 4.17. The van der Waals surface area contributed by atoms with Gasteiger partial charge in [0.15, 0.2) is 11.5 Å². The molecular weight excluding hydrogens is 312 g/mol. The van der Waals surface area contributed by atoms with Crippen molar-refractivity contribution < 1.29 is 4.79 Å². The molecule has 1 aliphatic carbocycles. The van der Waals surface area contributed by atoms with E-state index in [1.807, 2.05) is 36.4 Å². The van der Waals surface area contributed by atoms with Crippen LogP contribution in [-0.4, -0.2) is 29.2 Å². The Kier molecular flexibility index (Phi) is 4.38. The largest absolute Gasteiger partial charge is 0.355 e. The van der Waals surface area contributed by atoms with Crippen LogP contribution in [0.1, 0.15) is 49.0 Å². The molecule has 0 atom stereocenters. The fourth-order valence-corrected chi connectivity index (χ4v) is 4.17. The summed E-state index contributed by atoms with van der Waals surface area (Å²) < 4.78 is 0. The van der Waals surface area contributed by atoms with E-state index in [1.165, 1.54) is 38.5 Å². The summed E-state index contributed by atoms with van der Waals surface area (Å²) in [4.78, 5) is 14.5. The van der Waals surface area contributed by atoms with Crippen molar-refractivity contribution in [1.29, 1.82) is 0 Å². The second-order valence-corrected chi connectivity index (χ2v) is 7.29. The number of carbonyl (C=O) groups excluding carboxylic acids is 1. The molecule has 0 unspecified atom stereocenters. The average Bonchev–Trinajstić information content (AvgIpc) is 3.11. The van der Waals surface area contributed by atoms with Gasteiger partial charge in [0.1, 0.15) is 0 Å². The number of nitrogens with zero attached hydrogens (tertiary/aromatic N) is 3. The quantitative estimate of drug-likeness (QED) is 0.924. The van der Waals surface area contributed by atoms with Gasteiger partial charge in [0.2, 0.25) is 0 Å². The van der Waals surface area contributed by atoms with Gasteiger partial charge in [0.25, 0.3) is 5.91 Å². The number of aromatic nitrogens is 2. The standard InChI is InChI=1S/C20H24N4O/c25-19(21-16-6-2-1-3-7-16)17-8-9-18(23-22-17)24-14-12-20(13-15-24)10-4-5-11-20/h1-3,6-9H,4-5,10-15H2,(H,21,25). The molecule has 2 heterocycles. The molecule has 1 saturated heterocycles. The summed E-state index contributed by atoms with van der Waals surface area (Å²) >= 11 is 0. The van der Waals surface area contributed by atoms with Crippen molar-refractivity contribution in [2.45, 2.75) is 38.5 Å². The van der Waals surface area contributed by atoms with Gasteiger partial charge < -0.3 is 10.2 Å². The number of hydrogen-bond donors (Lipinski definition) is 1. The summed E-state index contributed by atoms with van der Waals surface area (Å²) in [7, 11) is 0. The van der Waals surface area contributed by atoms with E-state index in [0.29, 0.717) is 11.1 Å². The topological polar surface area (TPSA) is 58.1 Å². The number of amides is 1. The monoisotopic (exact) mass is 336 g/mol. The summed E-state index contributed by atoms with van der Waals surface area (Å²) in [6, 6.07) is 13.1. The number of piperidine rings is 1. The maximum absolute atomic E-state index is 12.2. The Bertz CT molecular complexity index is 713. The number of hydrogen-bond acceptors (Lipinski definition) is 4. The average molecular weight is 336 g/mol. The lowest BCUT2D eigenvalue weighted by Crippen LogP contribution is -2.39. The summed E-state index contributed by atoms with van der Waals surface area (Å²) in [5, 5.41) is 11.3. The lowest BCUT2D eigenvalue weighted by molar-refractivity contribution is 0.102. The highest BCUT2D eigenvalue weighted by atomic mass is 16.1. The molecule has 1 aliphatic heterocycles. The lowest BCUT2D eigenvalue weighted by atomic mass is 9.77. The van der Waals surface area contributed by atoms with Crippen molar-refractivity contribution in [3.8, 4) is 0 Å². The van der Waals surface area contributed by atoms with E-state index in [0.717, 1.165) is 24.6 Å². The third kappa shape index (κ3) is 3.50. The van der Waals surface area contributed by atoms with Crippen molar-refractivity contribution >= 4 is 17.4 Å². The number of anilines is 2. The van der Waals surface area contributed by atoms with Crippen molar-refractivity contribution in [3.05, 3.63) is 48.2 Å². The van der Waals surface area contributed by atoms with Crippen molar-refractivity contribution in [3.63, 3.8) is 0 Å². The molecule has 2 aliphatic rings. The van der Waals surface area contributed by atoms with Crippen LogP contribution in [0.5, 0.6) is 0 Å². The lowest BCUT2D eigenvalue weighted by Gasteiger charge is -2.39. The Hall–Kier alpha value is -2.43. The number of benzene rings is 1. The van der Waals surface area contributed by atoms with Crippen LogP contribution >= 0.6 is 0 Å². The van der Waals surface area contributed by atoms with Crippen molar-refractivity contribution in [2.24, 2.45) is 5.41 Å². The van der Waals surface area contributed by atoms with Crippen LogP contribution in [0.25, 0.3) is 0 Å². The first-order valence-electron chi connectivity index (χ1n) is 9.19. The van der Waals surface area contributed by atoms with E-state index in [2.05, 4.69) is 20.4 Å². The first-order chi connectivity index (χ1) is 12.2. The van der Waals surface area contributed by atoms with Crippen LogP contribution in [-0.2, 0) is 0 Å². The third-order valence-corrected chi connectivity index (χ3v) is 5.73. The highest BCUT2D eigenvalue weighted by molar-refractivity contribution is 6.02. The first kappa shape index (κ1) is 16.1. The number of carbonyl (C=O) groups is 1. The third-order valence-electron chi connectivity index (χ3n) is 5.73. The molecule has 2 fully saturated rings. The number of rotatable bonds is 3. The normalized spacial score (nSPS) is 19.1. The maximum Gasteiger partial charge on any atom is 0.276 e. The second kappa shape index (κ2) is 6.82. The summed E-state index contributed by atoms with van der Waals surface area (Å²) in [5.41, 5.74) is 1.70. The van der Waals surface area contributed by atoms with E-state index in [1.54, 1.807) is 6.07 Å². The summed E-state index contributed by atoms with van der Waals surface area (Å²) in [6.07, 6.45) is 8.09. The minimum atomic E-state index is -0.228. The summed E-state index contributed by atoms with van der Waals surface area (Å²) in [6.45, 7) is 2.09. The highest BCUT2D eigenvalue weighted by Gasteiger charge is 2.37.